The summed E-state index contributed by atoms with van der Waals surface area (Å²) in [6, 6.07) is 13.6. The minimum Gasteiger partial charge on any atom is -0.487 e. The van der Waals surface area contributed by atoms with Crippen LogP contribution in [0.1, 0.15) is 22.6 Å². The highest BCUT2D eigenvalue weighted by Gasteiger charge is 2.11. The van der Waals surface area contributed by atoms with E-state index in [9.17, 15) is 8.42 Å². The van der Waals surface area contributed by atoms with Gasteiger partial charge in [-0.1, -0.05) is 11.6 Å². The zero-order valence-electron chi connectivity index (χ0n) is 18.6. The Balaban J connectivity index is 1.54. The van der Waals surface area contributed by atoms with E-state index >= 15 is 0 Å². The molecule has 0 unspecified atom stereocenters. The number of sulfone groups is 1. The predicted molar refractivity (Wildman–Crippen MR) is 129 cm³/mol. The van der Waals surface area contributed by atoms with Gasteiger partial charge in [0.2, 0.25) is 0 Å². The number of hydrogen-bond acceptors (Lipinski definition) is 6. The second-order valence-corrected chi connectivity index (χ2v) is 10.4. The normalized spacial score (nSPS) is 11.8. The van der Waals surface area contributed by atoms with Gasteiger partial charge in [-0.3, -0.25) is 0 Å². The standard InChI is InChI=1S/C24H24ClN3O4S/c1-16-10-19(12-22(25)21(16)14-31-2)28-9-7-17-11-20(4-5-23(17)28)32-13-18-6-8-26-24(27-18)15-33(3,29)30/h4-12H,13-15H2,1-3H3. The monoisotopic (exact) mass is 485 g/mol. The van der Waals surface area contributed by atoms with Gasteiger partial charge in [0, 0.05) is 41.9 Å². The summed E-state index contributed by atoms with van der Waals surface area (Å²) in [6.07, 6.45) is 4.70. The minimum atomic E-state index is -3.20. The van der Waals surface area contributed by atoms with Crippen molar-refractivity contribution in [2.75, 3.05) is 13.4 Å². The number of aryl methyl sites for hydroxylation is 1. The number of nitrogens with zero attached hydrogens (tertiary/aromatic N) is 3. The van der Waals surface area contributed by atoms with E-state index in [1.165, 1.54) is 0 Å². The molecule has 7 nitrogen and oxygen atoms in total. The van der Waals surface area contributed by atoms with Crippen molar-refractivity contribution in [3.05, 3.63) is 82.5 Å². The van der Waals surface area contributed by atoms with Crippen LogP contribution in [0.3, 0.4) is 0 Å². The molecule has 0 amide bonds. The Labute approximate surface area is 197 Å². The Hall–Kier alpha value is -2.94. The van der Waals surface area contributed by atoms with Crippen molar-refractivity contribution in [3.8, 4) is 11.4 Å². The smallest absolute Gasteiger partial charge is 0.154 e. The maximum atomic E-state index is 11.5. The van der Waals surface area contributed by atoms with Gasteiger partial charge in [-0.2, -0.15) is 0 Å². The molecule has 2 heterocycles. The molecule has 0 N–H and O–H groups in total. The van der Waals surface area contributed by atoms with Crippen LogP contribution < -0.4 is 4.74 Å². The van der Waals surface area contributed by atoms with Crippen LogP contribution in [0.15, 0.2) is 54.9 Å². The third kappa shape index (κ3) is 5.52. The summed E-state index contributed by atoms with van der Waals surface area (Å²) < 4.78 is 36.2. The molecule has 4 rings (SSSR count). The molecule has 0 radical (unpaired) electrons. The van der Waals surface area contributed by atoms with Crippen molar-refractivity contribution in [2.24, 2.45) is 0 Å². The first-order valence-corrected chi connectivity index (χ1v) is 12.7. The fourth-order valence-electron chi connectivity index (χ4n) is 3.64. The topological polar surface area (TPSA) is 83.3 Å². The summed E-state index contributed by atoms with van der Waals surface area (Å²) in [7, 11) is -1.54. The maximum absolute atomic E-state index is 11.5. The minimum absolute atomic E-state index is 0.198. The molecule has 0 bridgehead atoms. The number of hydrogen-bond donors (Lipinski definition) is 0. The molecular weight excluding hydrogens is 462 g/mol. The van der Waals surface area contributed by atoms with Gasteiger partial charge < -0.3 is 14.0 Å². The Morgan fingerprint density at radius 3 is 2.64 bits per heavy atom. The van der Waals surface area contributed by atoms with Crippen LogP contribution in [-0.4, -0.2) is 36.3 Å². The molecule has 0 aliphatic heterocycles. The average Bonchev–Trinajstić information content (AvgIpc) is 3.17. The zero-order chi connectivity index (χ0) is 23.6. The van der Waals surface area contributed by atoms with E-state index in [4.69, 9.17) is 21.1 Å². The van der Waals surface area contributed by atoms with Gasteiger partial charge in [-0.15, -0.1) is 0 Å². The molecule has 2 aromatic heterocycles. The molecule has 0 aliphatic rings. The summed E-state index contributed by atoms with van der Waals surface area (Å²) in [5.41, 5.74) is 4.67. The number of benzene rings is 2. The Kier molecular flexibility index (Phi) is 6.69. The Morgan fingerprint density at radius 1 is 1.09 bits per heavy atom. The van der Waals surface area contributed by atoms with E-state index in [0.29, 0.717) is 23.1 Å². The molecule has 0 saturated heterocycles. The van der Waals surface area contributed by atoms with Crippen molar-refractivity contribution < 1.29 is 17.9 Å². The van der Waals surface area contributed by atoms with Crippen molar-refractivity contribution in [3.63, 3.8) is 0 Å². The third-order valence-corrected chi connectivity index (χ3v) is 6.29. The molecule has 0 atom stereocenters. The molecule has 0 spiro atoms. The SMILES string of the molecule is COCc1c(C)cc(-n2ccc3cc(OCc4ccnc(CS(C)(=O)=O)n4)ccc32)cc1Cl. The lowest BCUT2D eigenvalue weighted by Crippen LogP contribution is -2.07. The van der Waals surface area contributed by atoms with Crippen LogP contribution >= 0.6 is 11.6 Å². The number of rotatable bonds is 8. The van der Waals surface area contributed by atoms with E-state index in [2.05, 4.69) is 20.6 Å². The van der Waals surface area contributed by atoms with Gasteiger partial charge in [0.25, 0.3) is 0 Å². The molecule has 9 heteroatoms. The molecule has 0 aliphatic carbocycles. The fourth-order valence-corrected chi connectivity index (χ4v) is 4.56. The van der Waals surface area contributed by atoms with E-state index < -0.39 is 9.84 Å². The number of fused-ring (bicyclic) bond motifs is 1. The lowest BCUT2D eigenvalue weighted by molar-refractivity contribution is 0.184. The first-order valence-electron chi connectivity index (χ1n) is 10.2. The maximum Gasteiger partial charge on any atom is 0.154 e. The Bertz CT molecular complexity index is 1390. The molecule has 4 aromatic rings. The molecule has 2 aromatic carbocycles. The van der Waals surface area contributed by atoms with E-state index in [1.54, 1.807) is 19.4 Å². The van der Waals surface area contributed by atoms with Crippen LogP contribution in [-0.2, 0) is 33.5 Å². The highest BCUT2D eigenvalue weighted by atomic mass is 35.5. The summed E-state index contributed by atoms with van der Waals surface area (Å²) in [6.45, 7) is 2.71. The van der Waals surface area contributed by atoms with Gasteiger partial charge in [-0.05, 0) is 60.5 Å². The summed E-state index contributed by atoms with van der Waals surface area (Å²) in [5, 5.41) is 1.69. The third-order valence-electron chi connectivity index (χ3n) is 5.17. The van der Waals surface area contributed by atoms with Crippen LogP contribution in [0.25, 0.3) is 16.6 Å². The lowest BCUT2D eigenvalue weighted by atomic mass is 10.1. The highest BCUT2D eigenvalue weighted by molar-refractivity contribution is 7.89. The summed E-state index contributed by atoms with van der Waals surface area (Å²) in [5.74, 6) is 0.751. The summed E-state index contributed by atoms with van der Waals surface area (Å²) in [4.78, 5) is 8.29. The predicted octanol–water partition coefficient (Wildman–Crippen LogP) is 4.65. The lowest BCUT2D eigenvalue weighted by Gasteiger charge is -2.13. The first-order chi connectivity index (χ1) is 15.7. The number of methoxy groups -OCH3 is 1. The fraction of sp³-hybridized carbons (Fsp3) is 0.250. The number of aromatic nitrogens is 3. The average molecular weight is 486 g/mol. The van der Waals surface area contributed by atoms with Crippen LogP contribution in [0.2, 0.25) is 5.02 Å². The van der Waals surface area contributed by atoms with E-state index in [1.807, 2.05) is 43.5 Å². The van der Waals surface area contributed by atoms with Crippen LogP contribution in [0, 0.1) is 6.92 Å². The molecular formula is C24H24ClN3O4S. The van der Waals surface area contributed by atoms with Gasteiger partial charge in [0.1, 0.15) is 23.9 Å². The van der Waals surface area contributed by atoms with Crippen molar-refractivity contribution >= 4 is 32.3 Å². The number of halogens is 1. The quantitative estimate of drug-likeness (QED) is 0.361. The van der Waals surface area contributed by atoms with E-state index in [-0.39, 0.29) is 18.2 Å². The van der Waals surface area contributed by atoms with E-state index in [0.717, 1.165) is 34.0 Å². The van der Waals surface area contributed by atoms with Crippen molar-refractivity contribution in [1.29, 1.82) is 0 Å². The number of ether oxygens (including phenoxy) is 2. The van der Waals surface area contributed by atoms with Gasteiger partial charge >= 0.3 is 0 Å². The second-order valence-electron chi connectivity index (χ2n) is 7.89. The van der Waals surface area contributed by atoms with Crippen molar-refractivity contribution in [1.82, 2.24) is 14.5 Å². The van der Waals surface area contributed by atoms with Crippen LogP contribution in [0.4, 0.5) is 0 Å². The Morgan fingerprint density at radius 2 is 1.91 bits per heavy atom. The van der Waals surface area contributed by atoms with Crippen molar-refractivity contribution in [2.45, 2.75) is 25.9 Å². The largest absolute Gasteiger partial charge is 0.487 e. The van der Waals surface area contributed by atoms with Gasteiger partial charge in [0.05, 0.1) is 17.8 Å². The highest BCUT2D eigenvalue weighted by Crippen LogP contribution is 2.29. The second kappa shape index (κ2) is 9.51. The van der Waals surface area contributed by atoms with Gasteiger partial charge in [-0.25, -0.2) is 18.4 Å². The molecule has 0 fully saturated rings. The first kappa shape index (κ1) is 23.2. The molecule has 0 saturated carbocycles. The molecule has 33 heavy (non-hydrogen) atoms. The van der Waals surface area contributed by atoms with Gasteiger partial charge in [0.15, 0.2) is 9.84 Å². The van der Waals surface area contributed by atoms with Crippen LogP contribution in [0.5, 0.6) is 5.75 Å². The summed E-state index contributed by atoms with van der Waals surface area (Å²) >= 11 is 6.50. The molecule has 172 valence electrons. The zero-order valence-corrected chi connectivity index (χ0v) is 20.2.